The smallest absolute Gasteiger partial charge is 0.136 e. The second kappa shape index (κ2) is 8.95. The number of hydrogen-bond acceptors (Lipinski definition) is 2. The molecule has 9 rings (SSSR count). The molecule has 2 aromatic heterocycles. The maximum atomic E-state index is 6.69. The molecule has 0 saturated heterocycles. The predicted octanol–water partition coefficient (Wildman–Crippen LogP) is 11.6. The molecule has 0 aliphatic heterocycles. The van der Waals surface area contributed by atoms with Crippen LogP contribution in [0.4, 0.5) is 0 Å². The molecule has 42 heavy (non-hydrogen) atoms. The molecule has 0 radical (unpaired) electrons. The van der Waals surface area contributed by atoms with Crippen LogP contribution < -0.4 is 0 Å². The standard InChI is InChI=1S/C40H24O2/c1-2-12-25(13-3-1)26-14-4-5-15-27(26)38-28-16-6-8-18-30(28)39(31-19-9-7-17-29(31)38)37-24-33-35(42-37)22-23-36-40(33)32-20-10-11-21-34(32)41-36/h1-24H. The van der Waals surface area contributed by atoms with Gasteiger partial charge in [-0.2, -0.15) is 0 Å². The van der Waals surface area contributed by atoms with Gasteiger partial charge in [0.25, 0.3) is 0 Å². The molecule has 2 heterocycles. The molecule has 7 aromatic carbocycles. The minimum atomic E-state index is 0.857. The Morgan fingerprint density at radius 2 is 0.857 bits per heavy atom. The monoisotopic (exact) mass is 536 g/mol. The van der Waals surface area contributed by atoms with Crippen molar-refractivity contribution in [3.05, 3.63) is 146 Å². The van der Waals surface area contributed by atoms with Crippen molar-refractivity contribution in [2.45, 2.75) is 0 Å². The zero-order valence-corrected chi connectivity index (χ0v) is 22.7. The molecule has 0 bridgehead atoms. The van der Waals surface area contributed by atoms with E-state index in [1.807, 2.05) is 24.3 Å². The third-order valence-corrected chi connectivity index (χ3v) is 8.50. The van der Waals surface area contributed by atoms with Crippen LogP contribution in [0.1, 0.15) is 0 Å². The molecule has 0 aliphatic rings. The van der Waals surface area contributed by atoms with Crippen LogP contribution in [0.25, 0.3) is 88.0 Å². The number of fused-ring (bicyclic) bond motifs is 7. The van der Waals surface area contributed by atoms with Crippen LogP contribution >= 0.6 is 0 Å². The molecule has 0 amide bonds. The van der Waals surface area contributed by atoms with Gasteiger partial charge in [-0.15, -0.1) is 0 Å². The van der Waals surface area contributed by atoms with Gasteiger partial charge in [-0.1, -0.05) is 121 Å². The Hall–Kier alpha value is -5.60. The number of para-hydroxylation sites is 1. The first-order valence-electron chi connectivity index (χ1n) is 14.3. The maximum Gasteiger partial charge on any atom is 0.136 e. The van der Waals surface area contributed by atoms with E-state index in [1.165, 1.54) is 43.8 Å². The lowest BCUT2D eigenvalue weighted by atomic mass is 9.85. The van der Waals surface area contributed by atoms with Gasteiger partial charge in [0.15, 0.2) is 0 Å². The van der Waals surface area contributed by atoms with Crippen LogP contribution in [-0.4, -0.2) is 0 Å². The number of furan rings is 2. The highest BCUT2D eigenvalue weighted by Crippen LogP contribution is 2.47. The van der Waals surface area contributed by atoms with Crippen LogP contribution in [0, 0.1) is 0 Å². The van der Waals surface area contributed by atoms with Crippen molar-refractivity contribution in [1.29, 1.82) is 0 Å². The zero-order chi connectivity index (χ0) is 27.6. The van der Waals surface area contributed by atoms with Crippen LogP contribution in [0.3, 0.4) is 0 Å². The quantitative estimate of drug-likeness (QED) is 0.210. The first-order valence-corrected chi connectivity index (χ1v) is 14.3. The van der Waals surface area contributed by atoms with Gasteiger partial charge in [-0.05, 0) is 68.1 Å². The van der Waals surface area contributed by atoms with Gasteiger partial charge in [0.2, 0.25) is 0 Å². The average molecular weight is 537 g/mol. The van der Waals surface area contributed by atoms with E-state index in [9.17, 15) is 0 Å². The molecule has 0 N–H and O–H groups in total. The number of hydrogen-bond donors (Lipinski definition) is 0. The molecule has 0 spiro atoms. The Balaban J connectivity index is 1.39. The average Bonchev–Trinajstić information content (AvgIpc) is 3.65. The molecular formula is C40H24O2. The molecule has 0 atom stereocenters. The highest BCUT2D eigenvalue weighted by molar-refractivity contribution is 6.24. The summed E-state index contributed by atoms with van der Waals surface area (Å²) in [5.41, 5.74) is 8.62. The second-order valence-electron chi connectivity index (χ2n) is 10.8. The number of rotatable bonds is 3. The van der Waals surface area contributed by atoms with E-state index in [1.54, 1.807) is 0 Å². The van der Waals surface area contributed by atoms with Crippen molar-refractivity contribution in [2.75, 3.05) is 0 Å². The minimum Gasteiger partial charge on any atom is -0.456 e. The first-order chi connectivity index (χ1) is 20.8. The van der Waals surface area contributed by atoms with Crippen LogP contribution in [0.15, 0.2) is 154 Å². The molecule has 0 aliphatic carbocycles. The largest absolute Gasteiger partial charge is 0.456 e. The fourth-order valence-corrected chi connectivity index (χ4v) is 6.71. The van der Waals surface area contributed by atoms with Crippen molar-refractivity contribution in [1.82, 2.24) is 0 Å². The minimum absolute atomic E-state index is 0.857. The Kier molecular flexibility index (Phi) is 4.93. The van der Waals surface area contributed by atoms with Gasteiger partial charge in [0.05, 0.1) is 0 Å². The van der Waals surface area contributed by atoms with E-state index < -0.39 is 0 Å². The lowest BCUT2D eigenvalue weighted by Crippen LogP contribution is -1.92. The molecule has 196 valence electrons. The Labute approximate surface area is 242 Å². The van der Waals surface area contributed by atoms with Crippen molar-refractivity contribution in [2.24, 2.45) is 0 Å². The molecule has 9 aromatic rings. The maximum absolute atomic E-state index is 6.69. The van der Waals surface area contributed by atoms with Gasteiger partial charge in [-0.3, -0.25) is 0 Å². The van der Waals surface area contributed by atoms with Crippen LogP contribution in [-0.2, 0) is 0 Å². The molecule has 0 fully saturated rings. The van der Waals surface area contributed by atoms with Crippen molar-refractivity contribution < 1.29 is 8.83 Å². The Morgan fingerprint density at radius 1 is 0.333 bits per heavy atom. The summed E-state index contributed by atoms with van der Waals surface area (Å²) in [5, 5.41) is 8.01. The van der Waals surface area contributed by atoms with Gasteiger partial charge < -0.3 is 8.83 Å². The van der Waals surface area contributed by atoms with E-state index in [-0.39, 0.29) is 0 Å². The summed E-state index contributed by atoms with van der Waals surface area (Å²) in [6.07, 6.45) is 0. The molecule has 0 unspecified atom stereocenters. The van der Waals surface area contributed by atoms with E-state index in [2.05, 4.69) is 121 Å². The summed E-state index contributed by atoms with van der Waals surface area (Å²) in [7, 11) is 0. The van der Waals surface area contributed by atoms with Crippen LogP contribution in [0.2, 0.25) is 0 Å². The van der Waals surface area contributed by atoms with E-state index in [0.29, 0.717) is 0 Å². The highest BCUT2D eigenvalue weighted by Gasteiger charge is 2.21. The Morgan fingerprint density at radius 3 is 1.57 bits per heavy atom. The zero-order valence-electron chi connectivity index (χ0n) is 22.7. The third-order valence-electron chi connectivity index (χ3n) is 8.50. The van der Waals surface area contributed by atoms with Crippen LogP contribution in [0.5, 0.6) is 0 Å². The third kappa shape index (κ3) is 3.33. The molecule has 2 nitrogen and oxygen atoms in total. The fourth-order valence-electron chi connectivity index (χ4n) is 6.71. The van der Waals surface area contributed by atoms with Crippen molar-refractivity contribution in [3.8, 4) is 33.6 Å². The van der Waals surface area contributed by atoms with E-state index >= 15 is 0 Å². The van der Waals surface area contributed by atoms with Gasteiger partial charge in [0.1, 0.15) is 22.5 Å². The normalized spacial score (nSPS) is 11.8. The van der Waals surface area contributed by atoms with Gasteiger partial charge in [0, 0.05) is 21.7 Å². The van der Waals surface area contributed by atoms with Crippen molar-refractivity contribution >= 4 is 54.5 Å². The summed E-state index contributed by atoms with van der Waals surface area (Å²) >= 11 is 0. The topological polar surface area (TPSA) is 26.3 Å². The summed E-state index contributed by atoms with van der Waals surface area (Å²) in [6.45, 7) is 0. The second-order valence-corrected chi connectivity index (χ2v) is 10.8. The van der Waals surface area contributed by atoms with Gasteiger partial charge >= 0.3 is 0 Å². The first kappa shape index (κ1) is 23.1. The Bertz CT molecular complexity index is 2400. The lowest BCUT2D eigenvalue weighted by Gasteiger charge is -2.18. The summed E-state index contributed by atoms with van der Waals surface area (Å²) < 4.78 is 12.9. The van der Waals surface area contributed by atoms with E-state index in [0.717, 1.165) is 44.2 Å². The highest BCUT2D eigenvalue weighted by atomic mass is 16.3. The van der Waals surface area contributed by atoms with Gasteiger partial charge in [-0.25, -0.2) is 0 Å². The van der Waals surface area contributed by atoms with Crippen molar-refractivity contribution in [3.63, 3.8) is 0 Å². The summed E-state index contributed by atoms with van der Waals surface area (Å²) in [6, 6.07) is 51.3. The predicted molar refractivity (Wildman–Crippen MR) is 175 cm³/mol. The van der Waals surface area contributed by atoms with E-state index in [4.69, 9.17) is 8.83 Å². The lowest BCUT2D eigenvalue weighted by molar-refractivity contribution is 0.632. The number of benzene rings is 7. The SMILES string of the molecule is c1ccc(-c2ccccc2-c2c3ccccc3c(-c3cc4c(ccc5oc6ccccc6c54)o3)c3ccccc23)cc1. The summed E-state index contributed by atoms with van der Waals surface area (Å²) in [5.74, 6) is 0.859. The molecule has 2 heteroatoms. The molecular weight excluding hydrogens is 512 g/mol. The molecule has 0 saturated carbocycles. The summed E-state index contributed by atoms with van der Waals surface area (Å²) in [4.78, 5) is 0. The fraction of sp³-hybridized carbons (Fsp3) is 0.